The van der Waals surface area contributed by atoms with Gasteiger partial charge in [0.1, 0.15) is 0 Å². The molecule has 4 aromatic rings. The van der Waals surface area contributed by atoms with Crippen molar-refractivity contribution < 1.29 is 26.4 Å². The summed E-state index contributed by atoms with van der Waals surface area (Å²) in [5.41, 5.74) is 0.0510. The number of amides is 1. The van der Waals surface area contributed by atoms with Crippen molar-refractivity contribution in [3.05, 3.63) is 101 Å². The van der Waals surface area contributed by atoms with Gasteiger partial charge in [-0.05, 0) is 59.5 Å². The third-order valence-electron chi connectivity index (χ3n) is 5.14. The fraction of sp³-hybridized carbons (Fsp3) is 0.0833. The third-order valence-corrected chi connectivity index (χ3v) is 7.39. The largest absolute Gasteiger partial charge is 0.416 e. The highest BCUT2D eigenvalue weighted by Gasteiger charge is 2.32. The maximum absolute atomic E-state index is 12.8. The molecule has 0 bridgehead atoms. The lowest BCUT2D eigenvalue weighted by Gasteiger charge is -2.11. The number of sulfone groups is 1. The summed E-state index contributed by atoms with van der Waals surface area (Å²) in [6.45, 7) is 0.144. The van der Waals surface area contributed by atoms with Crippen molar-refractivity contribution in [3.8, 4) is 0 Å². The van der Waals surface area contributed by atoms with E-state index in [-0.39, 0.29) is 17.3 Å². The first-order valence-electron chi connectivity index (χ1n) is 9.88. The van der Waals surface area contributed by atoms with E-state index in [4.69, 9.17) is 11.6 Å². The Balaban J connectivity index is 1.47. The highest BCUT2D eigenvalue weighted by Crippen LogP contribution is 2.35. The molecule has 0 aliphatic carbocycles. The second-order valence-corrected chi connectivity index (χ2v) is 9.74. The first-order valence-corrected chi connectivity index (χ1v) is 11.7. The second kappa shape index (κ2) is 9.08. The zero-order valence-electron chi connectivity index (χ0n) is 17.3. The average Bonchev–Trinajstić information content (AvgIpc) is 2.81. The zero-order valence-corrected chi connectivity index (χ0v) is 18.9. The van der Waals surface area contributed by atoms with Gasteiger partial charge in [0.15, 0.2) is 0 Å². The number of nitrogens with zero attached hydrogens (tertiary/aromatic N) is 1. The highest BCUT2D eigenvalue weighted by molar-refractivity contribution is 7.91. The number of hydrogen-bond acceptors (Lipinski definition) is 4. The number of benzene rings is 3. The van der Waals surface area contributed by atoms with Gasteiger partial charge in [-0.1, -0.05) is 29.8 Å². The molecule has 0 radical (unpaired) electrons. The van der Waals surface area contributed by atoms with Crippen molar-refractivity contribution >= 4 is 38.1 Å². The van der Waals surface area contributed by atoms with Crippen molar-refractivity contribution in [2.75, 3.05) is 0 Å². The number of hydrogen-bond donors (Lipinski definition) is 1. The van der Waals surface area contributed by atoms with Crippen molar-refractivity contribution in [1.82, 2.24) is 10.3 Å². The molecule has 0 aliphatic heterocycles. The molecule has 0 aliphatic rings. The summed E-state index contributed by atoms with van der Waals surface area (Å²) in [6.07, 6.45) is -1.31. The molecule has 0 atom stereocenters. The topological polar surface area (TPSA) is 76.1 Å². The highest BCUT2D eigenvalue weighted by atomic mass is 35.5. The minimum Gasteiger partial charge on any atom is -0.348 e. The lowest BCUT2D eigenvalue weighted by atomic mass is 10.1. The molecule has 1 heterocycles. The van der Waals surface area contributed by atoms with E-state index in [1.165, 1.54) is 24.3 Å². The molecule has 1 amide bonds. The van der Waals surface area contributed by atoms with E-state index in [0.717, 1.165) is 16.8 Å². The maximum Gasteiger partial charge on any atom is 0.416 e. The first-order chi connectivity index (χ1) is 16.1. The summed E-state index contributed by atoms with van der Waals surface area (Å²) >= 11 is 5.85. The quantitative estimate of drug-likeness (QED) is 0.380. The van der Waals surface area contributed by atoms with E-state index in [1.54, 1.807) is 24.5 Å². The van der Waals surface area contributed by atoms with Crippen LogP contribution in [0.2, 0.25) is 5.02 Å². The van der Waals surface area contributed by atoms with Gasteiger partial charge in [0, 0.05) is 29.9 Å². The monoisotopic (exact) mass is 504 g/mol. The van der Waals surface area contributed by atoms with E-state index in [1.807, 2.05) is 12.1 Å². The molecule has 10 heteroatoms. The Hall–Kier alpha value is -3.43. The molecule has 174 valence electrons. The molecule has 4 rings (SSSR count). The summed E-state index contributed by atoms with van der Waals surface area (Å²) < 4.78 is 64.2. The number of carbonyl (C=O) groups is 1. The van der Waals surface area contributed by atoms with Crippen molar-refractivity contribution in [3.63, 3.8) is 0 Å². The fourth-order valence-electron chi connectivity index (χ4n) is 3.32. The Morgan fingerprint density at radius 2 is 1.68 bits per heavy atom. The van der Waals surface area contributed by atoms with E-state index < -0.39 is 31.5 Å². The normalized spacial score (nSPS) is 12.0. The zero-order chi connectivity index (χ0) is 24.5. The van der Waals surface area contributed by atoms with E-state index >= 15 is 0 Å². The van der Waals surface area contributed by atoms with Crippen LogP contribution in [0.4, 0.5) is 13.2 Å². The molecule has 0 saturated carbocycles. The smallest absolute Gasteiger partial charge is 0.348 e. The van der Waals surface area contributed by atoms with Gasteiger partial charge in [-0.3, -0.25) is 9.78 Å². The van der Waals surface area contributed by atoms with Gasteiger partial charge >= 0.3 is 6.18 Å². The Morgan fingerprint density at radius 3 is 2.35 bits per heavy atom. The van der Waals surface area contributed by atoms with E-state index in [0.29, 0.717) is 23.3 Å². The van der Waals surface area contributed by atoms with Gasteiger partial charge < -0.3 is 5.32 Å². The number of aromatic nitrogens is 1. The maximum atomic E-state index is 12.8. The van der Waals surface area contributed by atoms with Gasteiger partial charge in [0.25, 0.3) is 5.91 Å². The Bertz CT molecular complexity index is 1490. The van der Waals surface area contributed by atoms with Crippen LogP contribution in [-0.4, -0.2) is 19.3 Å². The summed E-state index contributed by atoms with van der Waals surface area (Å²) in [6, 6.07) is 14.8. The van der Waals surface area contributed by atoms with E-state index in [2.05, 4.69) is 10.3 Å². The van der Waals surface area contributed by atoms with Crippen molar-refractivity contribution in [2.24, 2.45) is 0 Å². The predicted molar refractivity (Wildman–Crippen MR) is 121 cm³/mol. The Kier molecular flexibility index (Phi) is 6.33. The number of nitrogens with one attached hydrogen (secondary N) is 1. The van der Waals surface area contributed by atoms with Gasteiger partial charge in [0.2, 0.25) is 9.84 Å². The minimum absolute atomic E-state index is 0.133. The molecule has 0 fully saturated rings. The average molecular weight is 505 g/mol. The minimum atomic E-state index is -4.64. The van der Waals surface area contributed by atoms with Crippen LogP contribution in [-0.2, 0) is 22.6 Å². The van der Waals surface area contributed by atoms with Crippen LogP contribution in [0.3, 0.4) is 0 Å². The Morgan fingerprint density at radius 1 is 0.941 bits per heavy atom. The molecule has 1 aromatic heterocycles. The molecule has 0 saturated heterocycles. The van der Waals surface area contributed by atoms with Gasteiger partial charge in [-0.2, -0.15) is 13.2 Å². The van der Waals surface area contributed by atoms with Crippen LogP contribution >= 0.6 is 11.6 Å². The lowest BCUT2D eigenvalue weighted by molar-refractivity contribution is -0.137. The molecule has 0 spiro atoms. The van der Waals surface area contributed by atoms with Gasteiger partial charge in [0.05, 0.1) is 20.4 Å². The molecule has 3 aromatic carbocycles. The summed E-state index contributed by atoms with van der Waals surface area (Å²) in [5.74, 6) is -0.306. The van der Waals surface area contributed by atoms with Gasteiger partial charge in [-0.15, -0.1) is 0 Å². The number of halogens is 4. The molecule has 5 nitrogen and oxygen atoms in total. The summed E-state index contributed by atoms with van der Waals surface area (Å²) in [4.78, 5) is 16.0. The van der Waals surface area contributed by atoms with Crippen LogP contribution in [0.5, 0.6) is 0 Å². The van der Waals surface area contributed by atoms with Crippen molar-refractivity contribution in [2.45, 2.75) is 22.5 Å². The fourth-order valence-corrected chi connectivity index (χ4v) is 5.12. The van der Waals surface area contributed by atoms with Crippen LogP contribution in [0.1, 0.15) is 21.5 Å². The third kappa shape index (κ3) is 4.90. The van der Waals surface area contributed by atoms with Crippen LogP contribution < -0.4 is 5.32 Å². The van der Waals surface area contributed by atoms with E-state index in [9.17, 15) is 26.4 Å². The summed E-state index contributed by atoms with van der Waals surface area (Å²) in [7, 11) is -4.14. The second-order valence-electron chi connectivity index (χ2n) is 7.41. The number of carbonyl (C=O) groups excluding carboxylic acids is 1. The number of fused-ring (bicyclic) bond motifs is 1. The number of rotatable bonds is 5. The van der Waals surface area contributed by atoms with Crippen molar-refractivity contribution in [1.29, 1.82) is 0 Å². The van der Waals surface area contributed by atoms with Crippen LogP contribution in [0.25, 0.3) is 10.8 Å². The predicted octanol–water partition coefficient (Wildman–Crippen LogP) is 5.67. The number of alkyl halides is 3. The summed E-state index contributed by atoms with van der Waals surface area (Å²) in [5, 5.41) is 4.03. The van der Waals surface area contributed by atoms with Crippen LogP contribution in [0, 0.1) is 0 Å². The Labute approximate surface area is 198 Å². The van der Waals surface area contributed by atoms with Gasteiger partial charge in [-0.25, -0.2) is 8.42 Å². The molecule has 1 N–H and O–H groups in total. The number of pyridine rings is 1. The molecular weight excluding hydrogens is 489 g/mol. The van der Waals surface area contributed by atoms with Crippen LogP contribution in [0.15, 0.2) is 88.9 Å². The lowest BCUT2D eigenvalue weighted by Crippen LogP contribution is -2.22. The first kappa shape index (κ1) is 23.7. The SMILES string of the molecule is O=C(NCc1ccc(S(=O)(=O)c2ccc(C(F)(F)F)cc2Cl)cc1)c1ccc2ccncc2c1. The molecule has 0 unspecified atom stereocenters. The standard InChI is InChI=1S/C24H16ClF3N2O3S/c25-21-12-19(24(26,27)28)5-8-22(21)34(32,33)20-6-1-15(2-7-20)13-30-23(31)17-4-3-16-9-10-29-14-18(16)11-17/h1-12,14H,13H2,(H,30,31). The molecule has 34 heavy (non-hydrogen) atoms. The molecular formula is C24H16ClF3N2O3S.